The maximum atomic E-state index is 10.9. The zero-order valence-electron chi connectivity index (χ0n) is 7.09. The lowest BCUT2D eigenvalue weighted by Gasteiger charge is -2.01. The smallest absolute Gasteiger partial charge is 0.147 e. The molecule has 1 nitrogen and oxygen atoms in total. The van der Waals surface area contributed by atoms with Gasteiger partial charge in [0.2, 0.25) is 0 Å². The van der Waals surface area contributed by atoms with Crippen LogP contribution >= 0.6 is 23.2 Å². The first kappa shape index (κ1) is 10.6. The van der Waals surface area contributed by atoms with Gasteiger partial charge in [-0.15, -0.1) is 11.6 Å². The molecule has 70 valence electrons. The molecular formula is C10H10Cl2O. The van der Waals surface area contributed by atoms with Crippen LogP contribution in [0.25, 0.3) is 0 Å². The highest BCUT2D eigenvalue weighted by atomic mass is 35.5. The molecule has 0 aromatic heterocycles. The molecular weight excluding hydrogens is 207 g/mol. The van der Waals surface area contributed by atoms with Gasteiger partial charge in [-0.05, 0) is 18.1 Å². The van der Waals surface area contributed by atoms with Gasteiger partial charge in [-0.2, -0.15) is 0 Å². The van der Waals surface area contributed by atoms with E-state index in [1.165, 1.54) is 0 Å². The lowest BCUT2D eigenvalue weighted by molar-refractivity contribution is -0.116. The highest BCUT2D eigenvalue weighted by Gasteiger charge is 2.02. The van der Waals surface area contributed by atoms with Gasteiger partial charge in [0.25, 0.3) is 0 Å². The molecule has 0 fully saturated rings. The summed E-state index contributed by atoms with van der Waals surface area (Å²) >= 11 is 11.3. The van der Waals surface area contributed by atoms with Gasteiger partial charge in [0.1, 0.15) is 5.78 Å². The van der Waals surface area contributed by atoms with Crippen LogP contribution in [-0.2, 0) is 11.2 Å². The molecule has 1 rings (SSSR count). The fourth-order valence-electron chi connectivity index (χ4n) is 1.04. The number of hydrogen-bond acceptors (Lipinski definition) is 1. The Bertz CT molecular complexity index is 297. The molecule has 0 N–H and O–H groups in total. The molecule has 1 aromatic rings. The Morgan fingerprint density at radius 1 is 1.31 bits per heavy atom. The average Bonchev–Trinajstić information content (AvgIpc) is 2.16. The van der Waals surface area contributed by atoms with Crippen LogP contribution in [0.15, 0.2) is 24.3 Å². The van der Waals surface area contributed by atoms with E-state index in [0.29, 0.717) is 17.9 Å². The summed E-state index contributed by atoms with van der Waals surface area (Å²) < 4.78 is 0. The largest absolute Gasteiger partial charge is 0.298 e. The number of alkyl halides is 1. The van der Waals surface area contributed by atoms with E-state index in [-0.39, 0.29) is 11.7 Å². The van der Waals surface area contributed by atoms with Crippen molar-refractivity contribution >= 4 is 29.0 Å². The summed E-state index contributed by atoms with van der Waals surface area (Å²) in [6.07, 6.45) is 1.14. The van der Waals surface area contributed by atoms with Gasteiger partial charge in [0.05, 0.1) is 5.88 Å². The SMILES string of the molecule is O=C(CCl)CCc1ccccc1Cl. The number of ketones is 1. The number of aryl methyl sites for hydroxylation is 1. The Morgan fingerprint density at radius 2 is 2.00 bits per heavy atom. The molecule has 13 heavy (non-hydrogen) atoms. The first-order valence-corrected chi connectivity index (χ1v) is 4.96. The third kappa shape index (κ3) is 3.37. The molecule has 0 unspecified atom stereocenters. The maximum Gasteiger partial charge on any atom is 0.147 e. The zero-order chi connectivity index (χ0) is 9.68. The second-order valence-corrected chi connectivity index (χ2v) is 3.44. The molecule has 0 saturated carbocycles. The van der Waals surface area contributed by atoms with Crippen molar-refractivity contribution in [3.63, 3.8) is 0 Å². The Labute approximate surface area is 87.7 Å². The van der Waals surface area contributed by atoms with Crippen molar-refractivity contribution < 1.29 is 4.79 Å². The van der Waals surface area contributed by atoms with E-state index < -0.39 is 0 Å². The number of Topliss-reactive ketones (excluding diaryl/α,β-unsaturated/α-hetero) is 1. The van der Waals surface area contributed by atoms with E-state index in [2.05, 4.69) is 0 Å². The molecule has 0 aliphatic carbocycles. The molecule has 0 saturated heterocycles. The number of hydrogen-bond donors (Lipinski definition) is 0. The summed E-state index contributed by atoms with van der Waals surface area (Å²) in [7, 11) is 0. The Hall–Kier alpha value is -0.530. The van der Waals surface area contributed by atoms with E-state index in [0.717, 1.165) is 5.56 Å². The fraction of sp³-hybridized carbons (Fsp3) is 0.300. The molecule has 0 aliphatic heterocycles. The van der Waals surface area contributed by atoms with E-state index in [1.54, 1.807) is 0 Å². The zero-order valence-corrected chi connectivity index (χ0v) is 8.61. The first-order chi connectivity index (χ1) is 6.24. The van der Waals surface area contributed by atoms with Crippen molar-refractivity contribution in [3.8, 4) is 0 Å². The summed E-state index contributed by atoms with van der Waals surface area (Å²) in [5, 5.41) is 0.713. The van der Waals surface area contributed by atoms with Crippen LogP contribution in [0, 0.1) is 0 Å². The number of halogens is 2. The topological polar surface area (TPSA) is 17.1 Å². The fourth-order valence-corrected chi connectivity index (χ4v) is 1.41. The van der Waals surface area contributed by atoms with Crippen LogP contribution in [-0.4, -0.2) is 11.7 Å². The summed E-state index contributed by atoms with van der Waals surface area (Å²) in [6.45, 7) is 0. The van der Waals surface area contributed by atoms with Crippen LogP contribution < -0.4 is 0 Å². The van der Waals surface area contributed by atoms with Crippen molar-refractivity contribution in [2.45, 2.75) is 12.8 Å². The monoisotopic (exact) mass is 216 g/mol. The van der Waals surface area contributed by atoms with Crippen molar-refractivity contribution in [1.82, 2.24) is 0 Å². The number of benzene rings is 1. The third-order valence-electron chi connectivity index (χ3n) is 1.78. The molecule has 0 bridgehead atoms. The van der Waals surface area contributed by atoms with Crippen LogP contribution in [0.5, 0.6) is 0 Å². The van der Waals surface area contributed by atoms with Crippen molar-refractivity contribution in [3.05, 3.63) is 34.9 Å². The van der Waals surface area contributed by atoms with Gasteiger partial charge in [0.15, 0.2) is 0 Å². The van der Waals surface area contributed by atoms with Crippen LogP contribution in [0.1, 0.15) is 12.0 Å². The molecule has 1 aromatic carbocycles. The first-order valence-electron chi connectivity index (χ1n) is 4.05. The number of rotatable bonds is 4. The predicted octanol–water partition coefficient (Wildman–Crippen LogP) is 3.08. The molecule has 0 radical (unpaired) electrons. The lowest BCUT2D eigenvalue weighted by atomic mass is 10.1. The standard InChI is InChI=1S/C10H10Cl2O/c11-7-9(13)6-5-8-3-1-2-4-10(8)12/h1-4H,5-7H2. The quantitative estimate of drug-likeness (QED) is 0.708. The van der Waals surface area contributed by atoms with Gasteiger partial charge in [-0.25, -0.2) is 0 Å². The normalized spacial score (nSPS) is 10.0. The molecule has 0 spiro atoms. The minimum atomic E-state index is 0.0570. The Kier molecular flexibility index (Phi) is 4.26. The minimum absolute atomic E-state index is 0.0570. The van der Waals surface area contributed by atoms with Crippen molar-refractivity contribution in [2.24, 2.45) is 0 Å². The second-order valence-electron chi connectivity index (χ2n) is 2.76. The highest BCUT2D eigenvalue weighted by Crippen LogP contribution is 2.16. The van der Waals surface area contributed by atoms with Crippen LogP contribution in [0.3, 0.4) is 0 Å². The number of carbonyl (C=O) groups is 1. The van der Waals surface area contributed by atoms with Crippen molar-refractivity contribution in [1.29, 1.82) is 0 Å². The van der Waals surface area contributed by atoms with Gasteiger partial charge < -0.3 is 0 Å². The van der Waals surface area contributed by atoms with Gasteiger partial charge in [-0.1, -0.05) is 29.8 Å². The van der Waals surface area contributed by atoms with Gasteiger partial charge in [0, 0.05) is 11.4 Å². The van der Waals surface area contributed by atoms with E-state index >= 15 is 0 Å². The Morgan fingerprint density at radius 3 is 2.62 bits per heavy atom. The molecule has 0 heterocycles. The van der Waals surface area contributed by atoms with Crippen molar-refractivity contribution in [2.75, 3.05) is 5.88 Å². The summed E-state index contributed by atoms with van der Waals surface area (Å²) in [5.41, 5.74) is 1.00. The van der Waals surface area contributed by atoms with Crippen LogP contribution in [0.4, 0.5) is 0 Å². The highest BCUT2D eigenvalue weighted by molar-refractivity contribution is 6.31. The van der Waals surface area contributed by atoms with E-state index in [4.69, 9.17) is 23.2 Å². The molecule has 3 heteroatoms. The second kappa shape index (κ2) is 5.25. The minimum Gasteiger partial charge on any atom is -0.298 e. The van der Waals surface area contributed by atoms with Gasteiger partial charge >= 0.3 is 0 Å². The predicted molar refractivity (Wildman–Crippen MR) is 55.5 cm³/mol. The van der Waals surface area contributed by atoms with Gasteiger partial charge in [-0.3, -0.25) is 4.79 Å². The maximum absolute atomic E-state index is 10.9. The summed E-state index contributed by atoms with van der Waals surface area (Å²) in [6, 6.07) is 7.52. The summed E-state index contributed by atoms with van der Waals surface area (Å²) in [5.74, 6) is 0.145. The third-order valence-corrected chi connectivity index (χ3v) is 2.45. The molecule has 0 amide bonds. The molecule has 0 atom stereocenters. The number of carbonyl (C=O) groups excluding carboxylic acids is 1. The average molecular weight is 217 g/mol. The Balaban J connectivity index is 2.54. The van der Waals surface area contributed by atoms with E-state index in [1.807, 2.05) is 24.3 Å². The lowest BCUT2D eigenvalue weighted by Crippen LogP contribution is -2.01. The van der Waals surface area contributed by atoms with E-state index in [9.17, 15) is 4.79 Å². The van der Waals surface area contributed by atoms with Crippen LogP contribution in [0.2, 0.25) is 5.02 Å². The summed E-state index contributed by atoms with van der Waals surface area (Å²) in [4.78, 5) is 10.9. The molecule has 0 aliphatic rings.